The molecule has 0 radical (unpaired) electrons. The molecule has 0 aliphatic heterocycles. The number of aromatic nitrogens is 3. The largest absolute Gasteiger partial charge is 0.384 e. The fourth-order valence-corrected chi connectivity index (χ4v) is 2.57. The van der Waals surface area contributed by atoms with E-state index in [1.165, 1.54) is 0 Å². The molecule has 3 heterocycles. The van der Waals surface area contributed by atoms with Crippen LogP contribution in [0, 0.1) is 0 Å². The fourth-order valence-electron chi connectivity index (χ4n) is 2.57. The maximum Gasteiger partial charge on any atom is 0.126 e. The van der Waals surface area contributed by atoms with Gasteiger partial charge in [0.15, 0.2) is 0 Å². The standard InChI is InChI=1S/C21H27N7/c1-3-10-23-18-6-9-21(28-15-18)27-14-17-5-8-20(26-13-17)25-12-16-4-7-19(22-2)24-11-16/h4-9,11,13,15,23H,3,10,12,14H2,1-2H3,(H,22,24)(H,25,26)(H,27,28). The van der Waals surface area contributed by atoms with Crippen molar-refractivity contribution >= 4 is 23.1 Å². The summed E-state index contributed by atoms with van der Waals surface area (Å²) in [6.07, 6.45) is 6.67. The third-order valence-corrected chi connectivity index (χ3v) is 4.20. The Kier molecular flexibility index (Phi) is 7.01. The third kappa shape index (κ3) is 5.84. The van der Waals surface area contributed by atoms with Crippen molar-refractivity contribution in [1.29, 1.82) is 0 Å². The summed E-state index contributed by atoms with van der Waals surface area (Å²) in [7, 11) is 1.86. The van der Waals surface area contributed by atoms with Crippen LogP contribution in [0.5, 0.6) is 0 Å². The summed E-state index contributed by atoms with van der Waals surface area (Å²) in [5.41, 5.74) is 3.25. The van der Waals surface area contributed by atoms with E-state index in [-0.39, 0.29) is 0 Å². The first kappa shape index (κ1) is 19.4. The van der Waals surface area contributed by atoms with E-state index in [0.717, 1.165) is 47.2 Å². The Labute approximate surface area is 166 Å². The molecule has 0 aromatic carbocycles. The quantitative estimate of drug-likeness (QED) is 0.425. The van der Waals surface area contributed by atoms with E-state index < -0.39 is 0 Å². The van der Waals surface area contributed by atoms with E-state index in [9.17, 15) is 0 Å². The van der Waals surface area contributed by atoms with E-state index in [0.29, 0.717) is 13.1 Å². The normalized spacial score (nSPS) is 10.4. The zero-order valence-electron chi connectivity index (χ0n) is 16.4. The van der Waals surface area contributed by atoms with Gasteiger partial charge in [0.25, 0.3) is 0 Å². The summed E-state index contributed by atoms with van der Waals surface area (Å²) >= 11 is 0. The highest BCUT2D eigenvalue weighted by Crippen LogP contribution is 2.12. The van der Waals surface area contributed by atoms with E-state index in [4.69, 9.17) is 0 Å². The number of anilines is 4. The van der Waals surface area contributed by atoms with Crippen molar-refractivity contribution in [3.8, 4) is 0 Å². The molecule has 3 aromatic rings. The highest BCUT2D eigenvalue weighted by molar-refractivity contribution is 5.47. The second-order valence-electron chi connectivity index (χ2n) is 6.42. The molecule has 0 saturated heterocycles. The molecule has 0 aliphatic rings. The van der Waals surface area contributed by atoms with Gasteiger partial charge in [-0.3, -0.25) is 0 Å². The van der Waals surface area contributed by atoms with E-state index >= 15 is 0 Å². The van der Waals surface area contributed by atoms with Crippen LogP contribution >= 0.6 is 0 Å². The number of nitrogens with zero attached hydrogens (tertiary/aromatic N) is 3. The molecule has 3 aromatic heterocycles. The van der Waals surface area contributed by atoms with Crippen LogP contribution in [-0.4, -0.2) is 28.5 Å². The Bertz CT molecular complexity index is 830. The van der Waals surface area contributed by atoms with Gasteiger partial charge in [-0.1, -0.05) is 19.1 Å². The van der Waals surface area contributed by atoms with E-state index in [1.807, 2.05) is 56.0 Å². The van der Waals surface area contributed by atoms with Crippen LogP contribution in [0.15, 0.2) is 55.0 Å². The van der Waals surface area contributed by atoms with Crippen LogP contribution in [0.3, 0.4) is 0 Å². The Hall–Kier alpha value is -3.35. The lowest BCUT2D eigenvalue weighted by atomic mass is 10.2. The molecule has 7 heteroatoms. The van der Waals surface area contributed by atoms with Crippen LogP contribution < -0.4 is 21.3 Å². The van der Waals surface area contributed by atoms with Gasteiger partial charge in [-0.2, -0.15) is 0 Å². The molecule has 4 N–H and O–H groups in total. The molecule has 0 atom stereocenters. The first-order valence-electron chi connectivity index (χ1n) is 9.52. The SMILES string of the molecule is CCCNc1ccc(NCc2ccc(NCc3ccc(NC)nc3)nc2)nc1. The summed E-state index contributed by atoms with van der Waals surface area (Å²) in [5.74, 6) is 2.55. The molecule has 0 amide bonds. The number of pyridine rings is 3. The number of hydrogen-bond acceptors (Lipinski definition) is 7. The van der Waals surface area contributed by atoms with Crippen molar-refractivity contribution in [3.05, 3.63) is 66.1 Å². The zero-order chi connectivity index (χ0) is 19.6. The number of hydrogen-bond donors (Lipinski definition) is 4. The van der Waals surface area contributed by atoms with Gasteiger partial charge in [0.1, 0.15) is 17.5 Å². The highest BCUT2D eigenvalue weighted by atomic mass is 15.0. The van der Waals surface area contributed by atoms with E-state index in [2.05, 4.69) is 49.2 Å². The summed E-state index contributed by atoms with van der Waals surface area (Å²) in [4.78, 5) is 13.2. The lowest BCUT2D eigenvalue weighted by molar-refractivity contribution is 0.977. The summed E-state index contributed by atoms with van der Waals surface area (Å²) in [6.45, 7) is 4.46. The molecule has 28 heavy (non-hydrogen) atoms. The topological polar surface area (TPSA) is 86.8 Å². The minimum atomic E-state index is 0.678. The van der Waals surface area contributed by atoms with Crippen molar-refractivity contribution in [3.63, 3.8) is 0 Å². The molecule has 0 spiro atoms. The van der Waals surface area contributed by atoms with Gasteiger partial charge < -0.3 is 21.3 Å². The Balaban J connectivity index is 1.46. The van der Waals surface area contributed by atoms with Gasteiger partial charge >= 0.3 is 0 Å². The average molecular weight is 377 g/mol. The van der Waals surface area contributed by atoms with Crippen LogP contribution in [-0.2, 0) is 13.1 Å². The molecule has 0 unspecified atom stereocenters. The van der Waals surface area contributed by atoms with Crippen LogP contribution in [0.2, 0.25) is 0 Å². The van der Waals surface area contributed by atoms with Gasteiger partial charge in [0.2, 0.25) is 0 Å². The molecular weight excluding hydrogens is 350 g/mol. The third-order valence-electron chi connectivity index (χ3n) is 4.20. The van der Waals surface area contributed by atoms with Gasteiger partial charge in [-0.25, -0.2) is 15.0 Å². The lowest BCUT2D eigenvalue weighted by Crippen LogP contribution is -2.05. The Morgan fingerprint density at radius 2 is 1.25 bits per heavy atom. The van der Waals surface area contributed by atoms with Crippen molar-refractivity contribution in [2.75, 3.05) is 34.9 Å². The summed E-state index contributed by atoms with van der Waals surface area (Å²) in [6, 6.07) is 12.1. The minimum absolute atomic E-state index is 0.678. The minimum Gasteiger partial charge on any atom is -0.384 e. The van der Waals surface area contributed by atoms with Crippen molar-refractivity contribution in [2.45, 2.75) is 26.4 Å². The fraction of sp³-hybridized carbons (Fsp3) is 0.286. The zero-order valence-corrected chi connectivity index (χ0v) is 16.4. The molecular formula is C21H27N7. The van der Waals surface area contributed by atoms with Gasteiger partial charge in [0.05, 0.1) is 11.9 Å². The molecule has 0 saturated carbocycles. The lowest BCUT2D eigenvalue weighted by Gasteiger charge is -2.09. The van der Waals surface area contributed by atoms with Crippen LogP contribution in [0.1, 0.15) is 24.5 Å². The number of nitrogens with one attached hydrogen (secondary N) is 4. The van der Waals surface area contributed by atoms with Crippen molar-refractivity contribution < 1.29 is 0 Å². The van der Waals surface area contributed by atoms with Gasteiger partial charge in [0, 0.05) is 39.1 Å². The average Bonchev–Trinajstić information content (AvgIpc) is 2.76. The predicted octanol–water partition coefficient (Wildman–Crippen LogP) is 3.96. The Morgan fingerprint density at radius 1 is 0.679 bits per heavy atom. The maximum absolute atomic E-state index is 4.47. The van der Waals surface area contributed by atoms with Crippen molar-refractivity contribution in [1.82, 2.24) is 15.0 Å². The first-order chi connectivity index (χ1) is 13.8. The molecule has 7 nitrogen and oxygen atoms in total. The maximum atomic E-state index is 4.47. The molecule has 0 aliphatic carbocycles. The van der Waals surface area contributed by atoms with Crippen molar-refractivity contribution in [2.24, 2.45) is 0 Å². The van der Waals surface area contributed by atoms with Gasteiger partial charge in [-0.15, -0.1) is 0 Å². The molecule has 3 rings (SSSR count). The Morgan fingerprint density at radius 3 is 1.71 bits per heavy atom. The van der Waals surface area contributed by atoms with Gasteiger partial charge in [-0.05, 0) is 41.8 Å². The second-order valence-corrected chi connectivity index (χ2v) is 6.42. The monoisotopic (exact) mass is 377 g/mol. The van der Waals surface area contributed by atoms with Crippen LogP contribution in [0.25, 0.3) is 0 Å². The summed E-state index contributed by atoms with van der Waals surface area (Å²) in [5, 5.41) is 13.0. The second kappa shape index (κ2) is 10.1. The van der Waals surface area contributed by atoms with Crippen LogP contribution in [0.4, 0.5) is 23.1 Å². The number of rotatable bonds is 10. The molecule has 146 valence electrons. The molecule has 0 fully saturated rings. The molecule has 0 bridgehead atoms. The summed E-state index contributed by atoms with van der Waals surface area (Å²) < 4.78 is 0. The first-order valence-corrected chi connectivity index (χ1v) is 9.52. The predicted molar refractivity (Wildman–Crippen MR) is 116 cm³/mol. The van der Waals surface area contributed by atoms with E-state index in [1.54, 1.807) is 0 Å². The smallest absolute Gasteiger partial charge is 0.126 e. The highest BCUT2D eigenvalue weighted by Gasteiger charge is 2.00.